The molecule has 0 bridgehead atoms. The Kier molecular flexibility index (Phi) is 6.21. The molecule has 0 unspecified atom stereocenters. The van der Waals surface area contributed by atoms with Gasteiger partial charge in [-0.3, -0.25) is 4.98 Å². The van der Waals surface area contributed by atoms with Gasteiger partial charge in [0.05, 0.1) is 6.20 Å². The highest BCUT2D eigenvalue weighted by Gasteiger charge is 2.03. The fourth-order valence-electron chi connectivity index (χ4n) is 1.93. The number of aryl methyl sites for hydroxylation is 1. The van der Waals surface area contributed by atoms with Crippen LogP contribution < -0.4 is 10.1 Å². The predicted molar refractivity (Wildman–Crippen MR) is 89.4 cm³/mol. The van der Waals surface area contributed by atoms with Crippen molar-refractivity contribution in [2.24, 2.45) is 0 Å². The van der Waals surface area contributed by atoms with Crippen LogP contribution in [0, 0.1) is 6.92 Å². The molecule has 0 radical (unpaired) electrons. The van der Waals surface area contributed by atoms with E-state index < -0.39 is 0 Å². The molecule has 0 spiro atoms. The van der Waals surface area contributed by atoms with E-state index in [-0.39, 0.29) is 0 Å². The summed E-state index contributed by atoms with van der Waals surface area (Å²) in [5, 5.41) is 3.40. The number of benzene rings is 1. The van der Waals surface area contributed by atoms with Gasteiger partial charge in [-0.15, -0.1) is 0 Å². The molecule has 21 heavy (non-hydrogen) atoms. The maximum absolute atomic E-state index is 5.76. The van der Waals surface area contributed by atoms with Gasteiger partial charge in [0.15, 0.2) is 0 Å². The van der Waals surface area contributed by atoms with Crippen LogP contribution in [0.15, 0.2) is 41.0 Å². The first-order valence-corrected chi connectivity index (χ1v) is 8.02. The number of nitrogens with one attached hydrogen (secondary N) is 1. The summed E-state index contributed by atoms with van der Waals surface area (Å²) in [5.74, 6) is 0.793. The molecule has 0 aliphatic carbocycles. The number of nitrogens with zero attached hydrogens (tertiary/aromatic N) is 1. The van der Waals surface area contributed by atoms with Crippen LogP contribution in [0.5, 0.6) is 5.75 Å². The first kappa shape index (κ1) is 16.0. The number of ether oxygens (including phenoxy) is 1. The zero-order valence-corrected chi connectivity index (χ0v) is 14.1. The third-order valence-electron chi connectivity index (χ3n) is 3.15. The SMILES string of the molecule is CCCNCc1ccc(COc2ccc(C)nc2)c(Br)c1. The van der Waals surface area contributed by atoms with Gasteiger partial charge < -0.3 is 10.1 Å². The molecule has 1 heterocycles. The molecule has 112 valence electrons. The zero-order valence-electron chi connectivity index (χ0n) is 12.5. The molecule has 0 atom stereocenters. The molecule has 1 N–H and O–H groups in total. The Bertz CT molecular complexity index is 570. The molecule has 0 aliphatic rings. The van der Waals surface area contributed by atoms with E-state index in [1.807, 2.05) is 19.1 Å². The minimum atomic E-state index is 0.536. The van der Waals surface area contributed by atoms with E-state index in [9.17, 15) is 0 Å². The normalized spacial score (nSPS) is 10.6. The molecule has 1 aromatic carbocycles. The Morgan fingerprint density at radius 1 is 1.24 bits per heavy atom. The van der Waals surface area contributed by atoms with Crippen LogP contribution in [0.4, 0.5) is 0 Å². The van der Waals surface area contributed by atoms with Gasteiger partial charge in [0.25, 0.3) is 0 Å². The van der Waals surface area contributed by atoms with Crippen LogP contribution in [0.1, 0.15) is 30.2 Å². The number of halogens is 1. The van der Waals surface area contributed by atoms with Crippen molar-refractivity contribution in [1.29, 1.82) is 0 Å². The first-order chi connectivity index (χ1) is 10.2. The standard InChI is InChI=1S/C17H21BrN2O/c1-3-8-19-10-14-5-6-15(17(18)9-14)12-21-16-7-4-13(2)20-11-16/h4-7,9,11,19H,3,8,10,12H2,1-2H3. The van der Waals surface area contributed by atoms with E-state index in [0.29, 0.717) is 6.61 Å². The third-order valence-corrected chi connectivity index (χ3v) is 3.89. The average Bonchev–Trinajstić information content (AvgIpc) is 2.48. The van der Waals surface area contributed by atoms with E-state index in [1.165, 1.54) is 5.56 Å². The van der Waals surface area contributed by atoms with Crippen molar-refractivity contribution in [3.8, 4) is 5.75 Å². The molecule has 0 saturated heterocycles. The van der Waals surface area contributed by atoms with Crippen LogP contribution in [-0.4, -0.2) is 11.5 Å². The van der Waals surface area contributed by atoms with Crippen molar-refractivity contribution in [2.45, 2.75) is 33.4 Å². The minimum absolute atomic E-state index is 0.536. The molecule has 0 fully saturated rings. The molecule has 3 nitrogen and oxygen atoms in total. The molecule has 0 amide bonds. The Labute approximate surface area is 134 Å². The van der Waals surface area contributed by atoms with Gasteiger partial charge in [0, 0.05) is 22.3 Å². The summed E-state index contributed by atoms with van der Waals surface area (Å²) in [5.41, 5.74) is 3.40. The smallest absolute Gasteiger partial charge is 0.138 e. The molecular weight excluding hydrogens is 328 g/mol. The fourth-order valence-corrected chi connectivity index (χ4v) is 2.47. The number of hydrogen-bond acceptors (Lipinski definition) is 3. The summed E-state index contributed by atoms with van der Waals surface area (Å²) in [6, 6.07) is 10.3. The van der Waals surface area contributed by atoms with Crippen LogP contribution in [0.2, 0.25) is 0 Å². The summed E-state index contributed by atoms with van der Waals surface area (Å²) >= 11 is 3.62. The fraction of sp³-hybridized carbons (Fsp3) is 0.353. The van der Waals surface area contributed by atoms with E-state index in [1.54, 1.807) is 6.20 Å². The molecule has 4 heteroatoms. The molecule has 2 rings (SSSR count). The topological polar surface area (TPSA) is 34.1 Å². The van der Waals surface area contributed by atoms with Crippen molar-refractivity contribution in [3.05, 3.63) is 57.8 Å². The van der Waals surface area contributed by atoms with E-state index in [0.717, 1.165) is 41.0 Å². The summed E-state index contributed by atoms with van der Waals surface area (Å²) in [7, 11) is 0. The Morgan fingerprint density at radius 3 is 2.76 bits per heavy atom. The Balaban J connectivity index is 1.92. The van der Waals surface area contributed by atoms with Crippen molar-refractivity contribution in [3.63, 3.8) is 0 Å². The van der Waals surface area contributed by atoms with E-state index >= 15 is 0 Å². The van der Waals surface area contributed by atoms with Crippen molar-refractivity contribution in [1.82, 2.24) is 10.3 Å². The largest absolute Gasteiger partial charge is 0.487 e. The van der Waals surface area contributed by atoms with Crippen LogP contribution in [-0.2, 0) is 13.2 Å². The second kappa shape index (κ2) is 8.15. The van der Waals surface area contributed by atoms with Gasteiger partial charge in [-0.25, -0.2) is 0 Å². The highest BCUT2D eigenvalue weighted by Crippen LogP contribution is 2.21. The van der Waals surface area contributed by atoms with Gasteiger partial charge in [-0.1, -0.05) is 35.0 Å². The predicted octanol–water partition coefficient (Wildman–Crippen LogP) is 4.23. The van der Waals surface area contributed by atoms with Crippen molar-refractivity contribution in [2.75, 3.05) is 6.54 Å². The average molecular weight is 349 g/mol. The van der Waals surface area contributed by atoms with Crippen LogP contribution >= 0.6 is 15.9 Å². The lowest BCUT2D eigenvalue weighted by Gasteiger charge is -2.10. The first-order valence-electron chi connectivity index (χ1n) is 7.22. The molecule has 0 aliphatic heterocycles. The molecule has 2 aromatic rings. The highest BCUT2D eigenvalue weighted by molar-refractivity contribution is 9.10. The second-order valence-electron chi connectivity index (χ2n) is 5.03. The lowest BCUT2D eigenvalue weighted by molar-refractivity contribution is 0.304. The number of aromatic nitrogens is 1. The quantitative estimate of drug-likeness (QED) is 0.760. The van der Waals surface area contributed by atoms with Crippen molar-refractivity contribution >= 4 is 15.9 Å². The molecule has 0 saturated carbocycles. The second-order valence-corrected chi connectivity index (χ2v) is 5.88. The van der Waals surface area contributed by atoms with Gasteiger partial charge in [-0.05, 0) is 43.7 Å². The molecule has 1 aromatic heterocycles. The maximum Gasteiger partial charge on any atom is 0.138 e. The Hall–Kier alpha value is -1.39. The van der Waals surface area contributed by atoms with Crippen LogP contribution in [0.25, 0.3) is 0 Å². The van der Waals surface area contributed by atoms with E-state index in [2.05, 4.69) is 51.4 Å². The van der Waals surface area contributed by atoms with Gasteiger partial charge in [0.1, 0.15) is 12.4 Å². The monoisotopic (exact) mass is 348 g/mol. The summed E-state index contributed by atoms with van der Waals surface area (Å²) in [6.07, 6.45) is 2.91. The van der Waals surface area contributed by atoms with Gasteiger partial charge >= 0.3 is 0 Å². The number of rotatable bonds is 7. The van der Waals surface area contributed by atoms with E-state index in [4.69, 9.17) is 4.74 Å². The summed E-state index contributed by atoms with van der Waals surface area (Å²) in [4.78, 5) is 4.22. The zero-order chi connectivity index (χ0) is 15.1. The third kappa shape index (κ3) is 5.14. The van der Waals surface area contributed by atoms with Crippen molar-refractivity contribution < 1.29 is 4.74 Å². The van der Waals surface area contributed by atoms with Gasteiger partial charge in [-0.2, -0.15) is 0 Å². The van der Waals surface area contributed by atoms with Crippen LogP contribution in [0.3, 0.4) is 0 Å². The maximum atomic E-state index is 5.76. The summed E-state index contributed by atoms with van der Waals surface area (Å²) in [6.45, 7) is 6.61. The lowest BCUT2D eigenvalue weighted by Crippen LogP contribution is -2.13. The minimum Gasteiger partial charge on any atom is -0.487 e. The molecular formula is C17H21BrN2O. The Morgan fingerprint density at radius 2 is 2.10 bits per heavy atom. The number of pyridine rings is 1. The highest BCUT2D eigenvalue weighted by atomic mass is 79.9. The lowest BCUT2D eigenvalue weighted by atomic mass is 10.1. The summed E-state index contributed by atoms with van der Waals surface area (Å²) < 4.78 is 6.84. The van der Waals surface area contributed by atoms with Gasteiger partial charge in [0.2, 0.25) is 0 Å². The number of hydrogen-bond donors (Lipinski definition) is 1.